The minimum absolute atomic E-state index is 0. The average molecular weight is 188 g/mol. The zero-order chi connectivity index (χ0) is 7.84. The Labute approximate surface area is 76.6 Å². The van der Waals surface area contributed by atoms with Crippen LogP contribution in [0, 0.1) is 11.8 Å². The van der Waals surface area contributed by atoms with Crippen LogP contribution in [-0.2, 0) is 9.59 Å². The molecule has 12 heavy (non-hydrogen) atoms. The predicted molar refractivity (Wildman–Crippen MR) is 45.8 cm³/mol. The van der Waals surface area contributed by atoms with E-state index in [-0.39, 0.29) is 36.1 Å². The number of rotatable bonds is 0. The van der Waals surface area contributed by atoms with E-state index in [1.165, 1.54) is 0 Å². The summed E-state index contributed by atoms with van der Waals surface area (Å²) >= 11 is 0. The molecule has 0 bridgehead atoms. The number of imide groups is 1. The highest BCUT2D eigenvalue weighted by Gasteiger charge is 2.40. The Morgan fingerprint density at radius 3 is 1.92 bits per heavy atom. The fourth-order valence-corrected chi connectivity index (χ4v) is 1.70. The summed E-state index contributed by atoms with van der Waals surface area (Å²) in [5.74, 6) is -0.339. The van der Waals surface area contributed by atoms with Gasteiger partial charge < -0.3 is 0 Å². The molecule has 1 aliphatic heterocycles. The van der Waals surface area contributed by atoms with Gasteiger partial charge in [0.2, 0.25) is 11.8 Å². The van der Waals surface area contributed by atoms with Crippen LogP contribution in [0.15, 0.2) is 12.2 Å². The Balaban J connectivity index is 0.000000720. The zero-order valence-electron chi connectivity index (χ0n) is 6.45. The molecule has 1 fully saturated rings. The molecule has 0 saturated carbocycles. The molecule has 2 amide bonds. The highest BCUT2D eigenvalue weighted by Crippen LogP contribution is 2.29. The summed E-state index contributed by atoms with van der Waals surface area (Å²) in [7, 11) is 0. The summed E-state index contributed by atoms with van der Waals surface area (Å²) in [6.07, 6.45) is 5.39. The molecule has 66 valence electrons. The summed E-state index contributed by atoms with van der Waals surface area (Å²) in [5.41, 5.74) is 0. The van der Waals surface area contributed by atoms with Crippen LogP contribution in [0.25, 0.3) is 0 Å². The molecule has 0 aromatic carbocycles. The minimum atomic E-state index is -0.0932. The van der Waals surface area contributed by atoms with Gasteiger partial charge in [-0.25, -0.2) is 0 Å². The quantitative estimate of drug-likeness (QED) is 0.447. The molecule has 2 unspecified atom stereocenters. The maximum Gasteiger partial charge on any atom is 0.230 e. The fraction of sp³-hybridized carbons (Fsp3) is 0.500. The first-order chi connectivity index (χ1) is 5.29. The average Bonchev–Trinajstić information content (AvgIpc) is 2.30. The molecular formula is C8H10ClNO2. The number of amides is 2. The number of fused-ring (bicyclic) bond motifs is 1. The third-order valence-corrected chi connectivity index (χ3v) is 2.35. The number of allylic oxidation sites excluding steroid dienone is 2. The molecule has 1 aliphatic carbocycles. The van der Waals surface area contributed by atoms with Crippen molar-refractivity contribution in [3.63, 3.8) is 0 Å². The normalized spacial score (nSPS) is 32.3. The van der Waals surface area contributed by atoms with Crippen molar-refractivity contribution in [2.45, 2.75) is 12.8 Å². The van der Waals surface area contributed by atoms with Crippen LogP contribution in [0.2, 0.25) is 0 Å². The molecule has 2 atom stereocenters. The van der Waals surface area contributed by atoms with Crippen LogP contribution in [0.4, 0.5) is 0 Å². The highest BCUT2D eigenvalue weighted by molar-refractivity contribution is 6.05. The number of carbonyl (C=O) groups is 2. The van der Waals surface area contributed by atoms with E-state index in [0.29, 0.717) is 0 Å². The van der Waals surface area contributed by atoms with Gasteiger partial charge in [-0.3, -0.25) is 14.9 Å². The lowest BCUT2D eigenvalue weighted by Gasteiger charge is -2.14. The second-order valence-electron chi connectivity index (χ2n) is 3.01. The number of halogens is 1. The monoisotopic (exact) mass is 187 g/mol. The van der Waals surface area contributed by atoms with Gasteiger partial charge in [-0.2, -0.15) is 0 Å². The first-order valence-electron chi connectivity index (χ1n) is 3.79. The molecule has 0 aromatic rings. The van der Waals surface area contributed by atoms with Crippen LogP contribution in [0.1, 0.15) is 12.8 Å². The van der Waals surface area contributed by atoms with E-state index in [1.54, 1.807) is 0 Å². The Kier molecular flexibility index (Phi) is 2.52. The summed E-state index contributed by atoms with van der Waals surface area (Å²) in [6, 6.07) is 0. The number of hydrogen-bond acceptors (Lipinski definition) is 2. The van der Waals surface area contributed by atoms with Crippen LogP contribution >= 0.6 is 12.4 Å². The van der Waals surface area contributed by atoms with Crippen molar-refractivity contribution in [1.82, 2.24) is 5.32 Å². The van der Waals surface area contributed by atoms with Gasteiger partial charge in [0, 0.05) is 0 Å². The van der Waals surface area contributed by atoms with E-state index in [2.05, 4.69) is 5.32 Å². The Hall–Kier alpha value is -0.830. The molecule has 2 rings (SSSR count). The summed E-state index contributed by atoms with van der Waals surface area (Å²) in [5, 5.41) is 2.34. The van der Waals surface area contributed by atoms with Crippen molar-refractivity contribution in [2.24, 2.45) is 11.8 Å². The first-order valence-corrected chi connectivity index (χ1v) is 3.79. The molecule has 3 nitrogen and oxygen atoms in total. The van der Waals surface area contributed by atoms with Crippen LogP contribution < -0.4 is 5.32 Å². The third-order valence-electron chi connectivity index (χ3n) is 2.35. The minimum Gasteiger partial charge on any atom is -0.296 e. The van der Waals surface area contributed by atoms with Gasteiger partial charge in [0.05, 0.1) is 11.8 Å². The molecule has 0 aromatic heterocycles. The van der Waals surface area contributed by atoms with Crippen molar-refractivity contribution < 1.29 is 9.59 Å². The molecule has 1 heterocycles. The topological polar surface area (TPSA) is 46.2 Å². The molecule has 1 saturated heterocycles. The lowest BCUT2D eigenvalue weighted by Crippen LogP contribution is -2.21. The summed E-state index contributed by atoms with van der Waals surface area (Å²) < 4.78 is 0. The predicted octanol–water partition coefficient (Wildman–Crippen LogP) is 0.647. The Morgan fingerprint density at radius 2 is 1.50 bits per heavy atom. The van der Waals surface area contributed by atoms with E-state index in [9.17, 15) is 9.59 Å². The Morgan fingerprint density at radius 1 is 1.08 bits per heavy atom. The third kappa shape index (κ3) is 1.25. The largest absolute Gasteiger partial charge is 0.296 e. The molecule has 4 heteroatoms. The van der Waals surface area contributed by atoms with Gasteiger partial charge in [-0.05, 0) is 12.8 Å². The highest BCUT2D eigenvalue weighted by atomic mass is 35.5. The smallest absolute Gasteiger partial charge is 0.230 e. The molecule has 0 radical (unpaired) electrons. The van der Waals surface area contributed by atoms with E-state index in [0.717, 1.165) is 12.8 Å². The number of hydrogen-bond donors (Lipinski definition) is 1. The van der Waals surface area contributed by atoms with Gasteiger partial charge >= 0.3 is 0 Å². The van der Waals surface area contributed by atoms with Gasteiger partial charge in [-0.1, -0.05) is 12.2 Å². The lowest BCUT2D eigenvalue weighted by atomic mass is 9.85. The summed E-state index contributed by atoms with van der Waals surface area (Å²) in [6.45, 7) is 0. The van der Waals surface area contributed by atoms with E-state index in [4.69, 9.17) is 0 Å². The molecular weight excluding hydrogens is 178 g/mol. The molecule has 2 aliphatic rings. The number of nitrogens with one attached hydrogen (secondary N) is 1. The van der Waals surface area contributed by atoms with Gasteiger partial charge in [0.15, 0.2) is 0 Å². The van der Waals surface area contributed by atoms with Gasteiger partial charge in [0.1, 0.15) is 0 Å². The SMILES string of the molecule is Cl.O=C1NC(=O)C2CC=CCC12. The van der Waals surface area contributed by atoms with Crippen molar-refractivity contribution >= 4 is 24.2 Å². The van der Waals surface area contributed by atoms with Crippen LogP contribution in [-0.4, -0.2) is 11.8 Å². The van der Waals surface area contributed by atoms with Gasteiger partial charge in [-0.15, -0.1) is 12.4 Å². The van der Waals surface area contributed by atoms with E-state index >= 15 is 0 Å². The van der Waals surface area contributed by atoms with E-state index in [1.807, 2.05) is 12.2 Å². The zero-order valence-corrected chi connectivity index (χ0v) is 7.26. The summed E-state index contributed by atoms with van der Waals surface area (Å²) in [4.78, 5) is 22.1. The second-order valence-corrected chi connectivity index (χ2v) is 3.01. The van der Waals surface area contributed by atoms with E-state index < -0.39 is 0 Å². The van der Waals surface area contributed by atoms with Crippen LogP contribution in [0.5, 0.6) is 0 Å². The van der Waals surface area contributed by atoms with Crippen molar-refractivity contribution in [1.29, 1.82) is 0 Å². The maximum absolute atomic E-state index is 11.1. The van der Waals surface area contributed by atoms with Gasteiger partial charge in [0.25, 0.3) is 0 Å². The standard InChI is InChI=1S/C8H9NO2.ClH/c10-7-5-3-1-2-4-6(5)8(11)9-7;/h1-2,5-6H,3-4H2,(H,9,10,11);1H. The number of carbonyl (C=O) groups excluding carboxylic acids is 2. The molecule has 0 spiro atoms. The first kappa shape index (κ1) is 9.26. The van der Waals surface area contributed by atoms with Crippen molar-refractivity contribution in [2.75, 3.05) is 0 Å². The van der Waals surface area contributed by atoms with Crippen molar-refractivity contribution in [3.05, 3.63) is 12.2 Å². The lowest BCUT2D eigenvalue weighted by molar-refractivity contribution is -0.126. The second kappa shape index (κ2) is 3.27. The van der Waals surface area contributed by atoms with Crippen LogP contribution in [0.3, 0.4) is 0 Å². The molecule has 1 N–H and O–H groups in total. The van der Waals surface area contributed by atoms with Crippen molar-refractivity contribution in [3.8, 4) is 0 Å². The Bertz CT molecular complexity index is 225. The maximum atomic E-state index is 11.1. The fourth-order valence-electron chi connectivity index (χ4n) is 1.70.